The molecule has 8 heteroatoms. The lowest BCUT2D eigenvalue weighted by Gasteiger charge is -2.28. The normalized spacial score (nSPS) is 15.3. The van der Waals surface area contributed by atoms with Crippen molar-refractivity contribution in [2.75, 3.05) is 18.6 Å². The molecular weight excluding hydrogens is 371 g/mol. The second kappa shape index (κ2) is 8.67. The smallest absolute Gasteiger partial charge is 0.421 e. The molecule has 5 nitrogen and oxygen atoms in total. The number of nitrogens with zero attached hydrogens (tertiary/aromatic N) is 3. The lowest BCUT2D eigenvalue weighted by Crippen LogP contribution is -2.23. The zero-order chi connectivity index (χ0) is 20.1. The number of rotatable bonds is 6. The highest BCUT2D eigenvalue weighted by Gasteiger charge is 2.37. The van der Waals surface area contributed by atoms with Crippen molar-refractivity contribution in [1.82, 2.24) is 9.97 Å². The maximum Gasteiger partial charge on any atom is 0.421 e. The lowest BCUT2D eigenvalue weighted by molar-refractivity contribution is -0.137. The van der Waals surface area contributed by atoms with Crippen LogP contribution in [0.4, 0.5) is 24.7 Å². The Bertz CT molecular complexity index is 793. The summed E-state index contributed by atoms with van der Waals surface area (Å²) in [5, 5.41) is 0. The van der Waals surface area contributed by atoms with Crippen LogP contribution in [0.2, 0.25) is 0 Å². The first-order valence-electron chi connectivity index (χ1n) is 9.46. The van der Waals surface area contributed by atoms with Gasteiger partial charge in [-0.15, -0.1) is 0 Å². The number of hydrogen-bond acceptors (Lipinski definition) is 5. The average Bonchev–Trinajstić information content (AvgIpc) is 2.68. The van der Waals surface area contributed by atoms with E-state index in [1.807, 2.05) is 6.07 Å². The minimum absolute atomic E-state index is 0.0785. The van der Waals surface area contributed by atoms with Gasteiger partial charge in [0.25, 0.3) is 0 Å². The number of anilines is 2. The molecule has 1 aromatic carbocycles. The Labute approximate surface area is 162 Å². The largest absolute Gasteiger partial charge is 0.488 e. The third-order valence-electron chi connectivity index (χ3n) is 4.72. The third-order valence-corrected chi connectivity index (χ3v) is 4.72. The van der Waals surface area contributed by atoms with Crippen LogP contribution in [0.5, 0.6) is 11.8 Å². The first-order chi connectivity index (χ1) is 13.4. The van der Waals surface area contributed by atoms with Crippen LogP contribution in [0.25, 0.3) is 0 Å². The molecule has 0 radical (unpaired) electrons. The summed E-state index contributed by atoms with van der Waals surface area (Å²) in [4.78, 5) is 9.07. The molecule has 0 unspecified atom stereocenters. The number of aromatic nitrogens is 2. The molecule has 152 valence electrons. The molecule has 0 bridgehead atoms. The summed E-state index contributed by atoms with van der Waals surface area (Å²) < 4.78 is 51.9. The van der Waals surface area contributed by atoms with Gasteiger partial charge in [-0.1, -0.05) is 18.6 Å². The van der Waals surface area contributed by atoms with Crippen LogP contribution in [0.3, 0.4) is 0 Å². The predicted octanol–water partition coefficient (Wildman–Crippen LogP) is 5.37. The number of para-hydroxylation sites is 2. The molecule has 0 spiro atoms. The predicted molar refractivity (Wildman–Crippen MR) is 100 cm³/mol. The van der Waals surface area contributed by atoms with Gasteiger partial charge < -0.3 is 14.4 Å². The molecule has 0 aliphatic heterocycles. The number of benzene rings is 1. The lowest BCUT2D eigenvalue weighted by atomic mass is 9.98. The molecule has 2 aromatic rings. The highest BCUT2D eigenvalue weighted by atomic mass is 19.4. The van der Waals surface area contributed by atoms with Gasteiger partial charge in [0, 0.05) is 13.2 Å². The van der Waals surface area contributed by atoms with Crippen molar-refractivity contribution in [3.8, 4) is 11.8 Å². The van der Waals surface area contributed by atoms with Crippen LogP contribution < -0.4 is 14.4 Å². The monoisotopic (exact) mass is 395 g/mol. The minimum Gasteiger partial charge on any atom is -0.488 e. The minimum atomic E-state index is -4.59. The van der Waals surface area contributed by atoms with E-state index in [0.29, 0.717) is 11.4 Å². The van der Waals surface area contributed by atoms with Crippen LogP contribution in [0, 0.1) is 0 Å². The van der Waals surface area contributed by atoms with E-state index < -0.39 is 11.7 Å². The summed E-state index contributed by atoms with van der Waals surface area (Å²) in [6.45, 7) is 1.98. The van der Waals surface area contributed by atoms with Crippen LogP contribution in [-0.4, -0.2) is 29.7 Å². The Morgan fingerprint density at radius 2 is 1.86 bits per heavy atom. The fraction of sp³-hybridized carbons (Fsp3) is 0.500. The Hall–Kier alpha value is -2.51. The summed E-state index contributed by atoms with van der Waals surface area (Å²) in [5.74, 6) is 0.271. The topological polar surface area (TPSA) is 47.5 Å². The van der Waals surface area contributed by atoms with E-state index in [1.165, 1.54) is 18.4 Å². The van der Waals surface area contributed by atoms with E-state index in [1.54, 1.807) is 25.1 Å². The van der Waals surface area contributed by atoms with Crippen molar-refractivity contribution in [1.29, 1.82) is 0 Å². The first-order valence-corrected chi connectivity index (χ1v) is 9.46. The fourth-order valence-corrected chi connectivity index (χ4v) is 3.32. The molecule has 1 heterocycles. The second-order valence-electron chi connectivity index (χ2n) is 6.73. The van der Waals surface area contributed by atoms with Crippen LogP contribution in [0.15, 0.2) is 30.5 Å². The van der Waals surface area contributed by atoms with E-state index in [9.17, 15) is 13.2 Å². The zero-order valence-corrected chi connectivity index (χ0v) is 16.0. The molecule has 0 N–H and O–H groups in total. The van der Waals surface area contributed by atoms with Crippen LogP contribution in [-0.2, 0) is 6.18 Å². The van der Waals surface area contributed by atoms with E-state index in [0.717, 1.165) is 31.9 Å². The molecule has 1 fully saturated rings. The van der Waals surface area contributed by atoms with Crippen molar-refractivity contribution in [2.45, 2.75) is 51.3 Å². The molecule has 1 aliphatic carbocycles. The zero-order valence-electron chi connectivity index (χ0n) is 16.0. The van der Waals surface area contributed by atoms with Gasteiger partial charge >= 0.3 is 12.2 Å². The van der Waals surface area contributed by atoms with Crippen molar-refractivity contribution >= 4 is 11.5 Å². The maximum absolute atomic E-state index is 13.5. The quantitative estimate of drug-likeness (QED) is 0.658. The second-order valence-corrected chi connectivity index (χ2v) is 6.73. The van der Waals surface area contributed by atoms with Crippen LogP contribution >= 0.6 is 0 Å². The van der Waals surface area contributed by atoms with Crippen molar-refractivity contribution in [3.05, 3.63) is 36.0 Å². The summed E-state index contributed by atoms with van der Waals surface area (Å²) in [5.41, 5.74) is -0.411. The highest BCUT2D eigenvalue weighted by Crippen LogP contribution is 2.40. The standard InChI is InChI=1S/C20H24F3N3O2/c1-3-27-19-24-13-15(20(21,22)23)18(25-19)26(2)16-11-7-8-12-17(16)28-14-9-5-4-6-10-14/h7-8,11-14H,3-6,9-10H2,1-2H3. The number of ether oxygens (including phenoxy) is 2. The summed E-state index contributed by atoms with van der Waals surface area (Å²) in [6.07, 6.45) is 1.55. The highest BCUT2D eigenvalue weighted by molar-refractivity contribution is 5.68. The van der Waals surface area contributed by atoms with Gasteiger partial charge in [-0.25, -0.2) is 4.98 Å². The van der Waals surface area contributed by atoms with Crippen LogP contribution in [0.1, 0.15) is 44.6 Å². The summed E-state index contributed by atoms with van der Waals surface area (Å²) in [7, 11) is 1.54. The van der Waals surface area contributed by atoms with Gasteiger partial charge in [0.2, 0.25) is 0 Å². The molecule has 1 saturated carbocycles. The molecule has 0 amide bonds. The molecule has 3 rings (SSSR count). The van der Waals surface area contributed by atoms with Crippen molar-refractivity contribution in [2.24, 2.45) is 0 Å². The Kier molecular flexibility index (Phi) is 6.26. The Morgan fingerprint density at radius 3 is 2.54 bits per heavy atom. The Morgan fingerprint density at radius 1 is 1.14 bits per heavy atom. The third kappa shape index (κ3) is 4.66. The maximum atomic E-state index is 13.5. The molecule has 0 saturated heterocycles. The van der Waals surface area contributed by atoms with Gasteiger partial charge in [0.15, 0.2) is 5.82 Å². The van der Waals surface area contributed by atoms with Gasteiger partial charge in [-0.2, -0.15) is 18.2 Å². The summed E-state index contributed by atoms with van der Waals surface area (Å²) >= 11 is 0. The average molecular weight is 395 g/mol. The molecule has 1 aromatic heterocycles. The molecular formula is C20H24F3N3O2. The molecule has 28 heavy (non-hydrogen) atoms. The Balaban J connectivity index is 1.97. The van der Waals surface area contributed by atoms with Gasteiger partial charge in [-0.3, -0.25) is 0 Å². The molecule has 1 aliphatic rings. The fourth-order valence-electron chi connectivity index (χ4n) is 3.32. The van der Waals surface area contributed by atoms with E-state index >= 15 is 0 Å². The molecule has 0 atom stereocenters. The summed E-state index contributed by atoms with van der Waals surface area (Å²) in [6, 6.07) is 6.98. The van der Waals surface area contributed by atoms with Crippen molar-refractivity contribution in [3.63, 3.8) is 0 Å². The van der Waals surface area contributed by atoms with Gasteiger partial charge in [-0.05, 0) is 44.7 Å². The van der Waals surface area contributed by atoms with E-state index in [4.69, 9.17) is 9.47 Å². The van der Waals surface area contributed by atoms with E-state index in [2.05, 4.69) is 9.97 Å². The van der Waals surface area contributed by atoms with E-state index in [-0.39, 0.29) is 24.5 Å². The number of hydrogen-bond donors (Lipinski definition) is 0. The van der Waals surface area contributed by atoms with Gasteiger partial charge in [0.05, 0.1) is 18.4 Å². The SMILES string of the molecule is CCOc1ncc(C(F)(F)F)c(N(C)c2ccccc2OC2CCCCC2)n1. The number of alkyl halides is 3. The van der Waals surface area contributed by atoms with Gasteiger partial charge in [0.1, 0.15) is 11.3 Å². The van der Waals surface area contributed by atoms with Crippen molar-refractivity contribution < 1.29 is 22.6 Å². The number of halogens is 3. The first kappa shape index (κ1) is 20.2.